The van der Waals surface area contributed by atoms with Gasteiger partial charge in [-0.05, 0) is 42.2 Å². The summed E-state index contributed by atoms with van der Waals surface area (Å²) in [6.07, 6.45) is 1.57. The van der Waals surface area contributed by atoms with E-state index in [2.05, 4.69) is 5.32 Å². The summed E-state index contributed by atoms with van der Waals surface area (Å²) in [7, 11) is 0. The molecule has 0 saturated heterocycles. The first-order chi connectivity index (χ1) is 14.3. The van der Waals surface area contributed by atoms with Crippen LogP contribution < -0.4 is 10.9 Å². The first kappa shape index (κ1) is 19.9. The van der Waals surface area contributed by atoms with Gasteiger partial charge in [-0.1, -0.05) is 26.0 Å². The fraction of sp³-hybridized carbons (Fsp3) is 0.250. The Labute approximate surface area is 172 Å². The quantitative estimate of drug-likeness (QED) is 0.474. The fourth-order valence-electron chi connectivity index (χ4n) is 3.51. The number of fused-ring (bicyclic) bond motifs is 2. The lowest BCUT2D eigenvalue weighted by molar-refractivity contribution is -0.120. The van der Waals surface area contributed by atoms with E-state index in [1.807, 2.05) is 26.8 Å². The van der Waals surface area contributed by atoms with Crippen molar-refractivity contribution in [2.24, 2.45) is 5.92 Å². The van der Waals surface area contributed by atoms with E-state index in [9.17, 15) is 14.0 Å². The molecule has 2 heterocycles. The summed E-state index contributed by atoms with van der Waals surface area (Å²) < 4.78 is 24.4. The Kier molecular flexibility index (Phi) is 5.16. The van der Waals surface area contributed by atoms with Crippen molar-refractivity contribution in [3.8, 4) is 11.1 Å². The molecule has 6 heteroatoms. The molecule has 0 bridgehead atoms. The number of rotatable bonds is 5. The molecule has 0 aliphatic carbocycles. The molecule has 2 aromatic heterocycles. The van der Waals surface area contributed by atoms with Crippen molar-refractivity contribution in [3.63, 3.8) is 0 Å². The molecule has 1 amide bonds. The summed E-state index contributed by atoms with van der Waals surface area (Å²) in [6.45, 7) is 6.37. The van der Waals surface area contributed by atoms with Gasteiger partial charge in [0.25, 0.3) is 0 Å². The lowest BCUT2D eigenvalue weighted by atomic mass is 9.99. The van der Waals surface area contributed by atoms with Crippen LogP contribution in [0.25, 0.3) is 33.1 Å². The van der Waals surface area contributed by atoms with Gasteiger partial charge in [-0.3, -0.25) is 4.79 Å². The molecular weight excluding hydrogens is 385 g/mol. The minimum absolute atomic E-state index is 0.0366. The number of hydrogen-bond donors (Lipinski definition) is 1. The van der Waals surface area contributed by atoms with Gasteiger partial charge in [0.05, 0.1) is 18.2 Å². The maximum absolute atomic E-state index is 13.3. The maximum atomic E-state index is 13.3. The molecule has 0 unspecified atom stereocenters. The summed E-state index contributed by atoms with van der Waals surface area (Å²) >= 11 is 0. The predicted molar refractivity (Wildman–Crippen MR) is 114 cm³/mol. The first-order valence-corrected chi connectivity index (χ1v) is 9.83. The van der Waals surface area contributed by atoms with Crippen molar-refractivity contribution in [3.05, 3.63) is 70.0 Å². The van der Waals surface area contributed by atoms with Gasteiger partial charge in [-0.2, -0.15) is 0 Å². The number of carbonyl (C=O) groups is 1. The molecule has 1 N–H and O–H groups in total. The molecular formula is C24H22FNO4. The number of halogens is 1. The third-order valence-corrected chi connectivity index (χ3v) is 5.18. The van der Waals surface area contributed by atoms with Crippen molar-refractivity contribution >= 4 is 27.8 Å². The van der Waals surface area contributed by atoms with Gasteiger partial charge in [-0.25, -0.2) is 9.18 Å². The van der Waals surface area contributed by atoms with Crippen LogP contribution in [0.3, 0.4) is 0 Å². The summed E-state index contributed by atoms with van der Waals surface area (Å²) in [5, 5.41) is 4.38. The average molecular weight is 407 g/mol. The molecule has 0 radical (unpaired) electrons. The number of benzene rings is 2. The van der Waals surface area contributed by atoms with E-state index in [-0.39, 0.29) is 18.1 Å². The molecule has 0 aliphatic heterocycles. The number of aryl methyl sites for hydroxylation is 1. The highest BCUT2D eigenvalue weighted by Gasteiger charge is 2.18. The zero-order valence-electron chi connectivity index (χ0n) is 17.0. The van der Waals surface area contributed by atoms with E-state index in [4.69, 9.17) is 8.83 Å². The Morgan fingerprint density at radius 2 is 1.83 bits per heavy atom. The fourth-order valence-corrected chi connectivity index (χ4v) is 3.51. The minimum Gasteiger partial charge on any atom is -0.464 e. The lowest BCUT2D eigenvalue weighted by Crippen LogP contribution is -2.30. The summed E-state index contributed by atoms with van der Waals surface area (Å²) in [4.78, 5) is 24.8. The molecule has 5 nitrogen and oxygen atoms in total. The van der Waals surface area contributed by atoms with E-state index < -0.39 is 5.63 Å². The van der Waals surface area contributed by atoms with Gasteiger partial charge in [0.15, 0.2) is 0 Å². The van der Waals surface area contributed by atoms with Crippen molar-refractivity contribution in [1.82, 2.24) is 5.32 Å². The van der Waals surface area contributed by atoms with Crippen molar-refractivity contribution in [2.45, 2.75) is 27.2 Å². The van der Waals surface area contributed by atoms with Crippen LogP contribution in [0.4, 0.5) is 4.39 Å². The Hall–Kier alpha value is -3.41. The Morgan fingerprint density at radius 3 is 2.53 bits per heavy atom. The Bertz CT molecular complexity index is 1300. The molecule has 0 aliphatic rings. The summed E-state index contributed by atoms with van der Waals surface area (Å²) in [6, 6.07) is 9.73. The van der Waals surface area contributed by atoms with Gasteiger partial charge in [0.2, 0.25) is 5.91 Å². The monoisotopic (exact) mass is 407 g/mol. The van der Waals surface area contributed by atoms with E-state index in [1.54, 1.807) is 24.5 Å². The zero-order chi connectivity index (χ0) is 21.4. The number of nitrogens with one attached hydrogen (secondary N) is 1. The third kappa shape index (κ3) is 3.73. The van der Waals surface area contributed by atoms with Crippen LogP contribution in [0.5, 0.6) is 0 Å². The van der Waals surface area contributed by atoms with Gasteiger partial charge in [0.1, 0.15) is 17.0 Å². The SMILES string of the molecule is Cc1c(CC(=O)NCC(C)C)c(=O)oc2cc3occ(-c4ccc(F)cc4)c3cc12. The molecule has 30 heavy (non-hydrogen) atoms. The number of hydrogen-bond acceptors (Lipinski definition) is 4. The van der Waals surface area contributed by atoms with Crippen LogP contribution in [0, 0.1) is 18.7 Å². The van der Waals surface area contributed by atoms with Crippen molar-refractivity contribution < 1.29 is 18.0 Å². The second-order valence-corrected chi connectivity index (χ2v) is 7.87. The first-order valence-electron chi connectivity index (χ1n) is 9.83. The molecule has 0 fully saturated rings. The van der Waals surface area contributed by atoms with E-state index in [0.717, 1.165) is 21.9 Å². The van der Waals surface area contributed by atoms with Crippen LogP contribution in [0.15, 0.2) is 56.3 Å². The van der Waals surface area contributed by atoms with Crippen molar-refractivity contribution in [2.75, 3.05) is 6.54 Å². The van der Waals surface area contributed by atoms with Crippen LogP contribution in [0.2, 0.25) is 0 Å². The van der Waals surface area contributed by atoms with E-state index >= 15 is 0 Å². The highest BCUT2D eigenvalue weighted by molar-refractivity contribution is 6.02. The van der Waals surface area contributed by atoms with Gasteiger partial charge in [0, 0.05) is 28.9 Å². The molecule has 4 rings (SSSR count). The molecule has 154 valence electrons. The summed E-state index contributed by atoms with van der Waals surface area (Å²) in [5.74, 6) is -0.202. The molecule has 2 aromatic carbocycles. The zero-order valence-corrected chi connectivity index (χ0v) is 17.0. The molecule has 0 spiro atoms. The Balaban J connectivity index is 1.80. The van der Waals surface area contributed by atoms with Crippen LogP contribution in [-0.2, 0) is 11.2 Å². The highest BCUT2D eigenvalue weighted by Crippen LogP contribution is 2.34. The molecule has 0 atom stereocenters. The third-order valence-electron chi connectivity index (χ3n) is 5.18. The van der Waals surface area contributed by atoms with Crippen LogP contribution in [0.1, 0.15) is 25.0 Å². The minimum atomic E-state index is -0.524. The standard InChI is InChI=1S/C24H22FNO4/c1-13(2)11-26-23(27)9-18-14(3)17-8-19-20(15-4-6-16(25)7-5-15)12-29-21(19)10-22(17)30-24(18)28/h4-8,10,12-13H,9,11H2,1-3H3,(H,26,27). The van der Waals surface area contributed by atoms with Crippen molar-refractivity contribution in [1.29, 1.82) is 0 Å². The second kappa shape index (κ2) is 7.78. The number of amides is 1. The number of carbonyl (C=O) groups excluding carboxylic acids is 1. The largest absolute Gasteiger partial charge is 0.464 e. The van der Waals surface area contributed by atoms with E-state index in [0.29, 0.717) is 34.8 Å². The highest BCUT2D eigenvalue weighted by atomic mass is 19.1. The Morgan fingerprint density at radius 1 is 1.10 bits per heavy atom. The predicted octanol–water partition coefficient (Wildman–Crippen LogP) is 4.97. The van der Waals surface area contributed by atoms with Crippen LogP contribution >= 0.6 is 0 Å². The average Bonchev–Trinajstić information content (AvgIpc) is 3.12. The lowest BCUT2D eigenvalue weighted by Gasteiger charge is -2.10. The number of furan rings is 1. The van der Waals surface area contributed by atoms with Gasteiger partial charge >= 0.3 is 5.63 Å². The molecule has 0 saturated carbocycles. The summed E-state index contributed by atoms with van der Waals surface area (Å²) in [5.41, 5.74) is 3.11. The van der Waals surface area contributed by atoms with Crippen LogP contribution in [-0.4, -0.2) is 12.5 Å². The second-order valence-electron chi connectivity index (χ2n) is 7.87. The topological polar surface area (TPSA) is 72.5 Å². The van der Waals surface area contributed by atoms with E-state index in [1.165, 1.54) is 12.1 Å². The normalized spacial score (nSPS) is 11.5. The smallest absolute Gasteiger partial charge is 0.340 e. The van der Waals surface area contributed by atoms with Gasteiger partial charge < -0.3 is 14.2 Å². The maximum Gasteiger partial charge on any atom is 0.340 e. The van der Waals surface area contributed by atoms with Gasteiger partial charge in [-0.15, -0.1) is 0 Å². The molecule has 4 aromatic rings.